The Morgan fingerprint density at radius 1 is 1.11 bits per heavy atom. The largest absolute Gasteiger partial charge is 0.341 e. The molecule has 2 fully saturated rings. The molecule has 110 valence electrons. The van der Waals surface area contributed by atoms with Crippen LogP contribution >= 0.6 is 0 Å². The molecule has 2 aliphatic rings. The molecule has 1 unspecified atom stereocenters. The zero-order chi connectivity index (χ0) is 14.0. The molecule has 0 aromatic rings. The van der Waals surface area contributed by atoms with Gasteiger partial charge >= 0.3 is 0 Å². The summed E-state index contributed by atoms with van der Waals surface area (Å²) in [7, 11) is -1.44. The van der Waals surface area contributed by atoms with Gasteiger partial charge in [0.2, 0.25) is 15.9 Å². The van der Waals surface area contributed by atoms with E-state index >= 15 is 0 Å². The molecule has 1 amide bonds. The molecule has 19 heavy (non-hydrogen) atoms. The van der Waals surface area contributed by atoms with E-state index in [1.54, 1.807) is 4.90 Å². The maximum Gasteiger partial charge on any atom is 0.241 e. The van der Waals surface area contributed by atoms with Gasteiger partial charge in [-0.15, -0.1) is 0 Å². The van der Waals surface area contributed by atoms with Gasteiger partial charge in [0.1, 0.15) is 6.04 Å². The second kappa shape index (κ2) is 5.79. The number of hydrogen-bond acceptors (Lipinski definition) is 3. The van der Waals surface area contributed by atoms with Crippen molar-refractivity contribution in [1.82, 2.24) is 9.21 Å². The van der Waals surface area contributed by atoms with Crippen LogP contribution in [0, 0.1) is 0 Å². The lowest BCUT2D eigenvalue weighted by Gasteiger charge is -2.34. The van der Waals surface area contributed by atoms with Gasteiger partial charge in [-0.1, -0.05) is 19.3 Å². The molecule has 0 radical (unpaired) electrons. The molecule has 1 aliphatic heterocycles. The topological polar surface area (TPSA) is 57.7 Å². The summed E-state index contributed by atoms with van der Waals surface area (Å²) in [6.45, 7) is 0.480. The normalized spacial score (nSPS) is 26.5. The van der Waals surface area contributed by atoms with Crippen LogP contribution in [0.15, 0.2) is 0 Å². The Hall–Kier alpha value is -0.620. The van der Waals surface area contributed by atoms with Crippen LogP contribution in [0.3, 0.4) is 0 Å². The minimum Gasteiger partial charge on any atom is -0.341 e. The molecular weight excluding hydrogens is 264 g/mol. The van der Waals surface area contributed by atoms with Gasteiger partial charge in [0.25, 0.3) is 0 Å². The number of carbonyl (C=O) groups is 1. The first kappa shape index (κ1) is 14.8. The Morgan fingerprint density at radius 3 is 2.32 bits per heavy atom. The maximum absolute atomic E-state index is 12.5. The highest BCUT2D eigenvalue weighted by Crippen LogP contribution is 2.26. The van der Waals surface area contributed by atoms with Crippen molar-refractivity contribution in [1.29, 1.82) is 0 Å². The molecule has 2 rings (SSSR count). The van der Waals surface area contributed by atoms with Crippen molar-refractivity contribution in [3.8, 4) is 0 Å². The second-order valence-electron chi connectivity index (χ2n) is 5.77. The van der Waals surface area contributed by atoms with E-state index in [-0.39, 0.29) is 5.91 Å². The van der Waals surface area contributed by atoms with Gasteiger partial charge in [-0.3, -0.25) is 4.79 Å². The number of nitrogens with zero attached hydrogens (tertiary/aromatic N) is 2. The quantitative estimate of drug-likeness (QED) is 0.784. The Morgan fingerprint density at radius 2 is 1.74 bits per heavy atom. The highest BCUT2D eigenvalue weighted by Gasteiger charge is 2.39. The Bertz CT molecular complexity index is 429. The molecule has 1 heterocycles. The molecule has 1 saturated heterocycles. The predicted octanol–water partition coefficient (Wildman–Crippen LogP) is 1.20. The van der Waals surface area contributed by atoms with Gasteiger partial charge in [-0.25, -0.2) is 8.42 Å². The Balaban J connectivity index is 2.05. The highest BCUT2D eigenvalue weighted by atomic mass is 32.2. The average Bonchev–Trinajstić information content (AvgIpc) is 2.87. The molecule has 0 N–H and O–H groups in total. The van der Waals surface area contributed by atoms with Crippen LogP contribution in [-0.2, 0) is 14.8 Å². The third-order valence-electron chi connectivity index (χ3n) is 4.38. The van der Waals surface area contributed by atoms with E-state index in [2.05, 4.69) is 0 Å². The van der Waals surface area contributed by atoms with Crippen LogP contribution in [0.2, 0.25) is 0 Å². The molecule has 5 nitrogen and oxygen atoms in total. The lowest BCUT2D eigenvalue weighted by atomic mass is 9.94. The van der Waals surface area contributed by atoms with Gasteiger partial charge in [0, 0.05) is 19.6 Å². The molecule has 6 heteroatoms. The van der Waals surface area contributed by atoms with Gasteiger partial charge in [0.05, 0.1) is 6.26 Å². The summed E-state index contributed by atoms with van der Waals surface area (Å²) in [5, 5.41) is 0. The third kappa shape index (κ3) is 3.28. The number of amides is 1. The number of hydrogen-bond donors (Lipinski definition) is 0. The van der Waals surface area contributed by atoms with Crippen molar-refractivity contribution in [3.05, 3.63) is 0 Å². The summed E-state index contributed by atoms with van der Waals surface area (Å²) in [6, 6.07) is -0.176. The fraction of sp³-hybridized carbons (Fsp3) is 0.923. The monoisotopic (exact) mass is 288 g/mol. The van der Waals surface area contributed by atoms with Crippen molar-refractivity contribution >= 4 is 15.9 Å². The molecule has 0 aromatic heterocycles. The molecule has 0 aromatic carbocycles. The van der Waals surface area contributed by atoms with Crippen molar-refractivity contribution in [2.45, 2.75) is 57.0 Å². The SMILES string of the molecule is CN(C(=O)C1CCCN1S(C)(=O)=O)C1CCCCC1. The molecule has 0 spiro atoms. The Kier molecular flexibility index (Phi) is 4.50. The van der Waals surface area contributed by atoms with Crippen molar-refractivity contribution in [3.63, 3.8) is 0 Å². The molecule has 1 aliphatic carbocycles. The third-order valence-corrected chi connectivity index (χ3v) is 5.67. The summed E-state index contributed by atoms with van der Waals surface area (Å²) < 4.78 is 24.8. The van der Waals surface area contributed by atoms with Gasteiger partial charge in [-0.2, -0.15) is 4.31 Å². The standard InChI is InChI=1S/C13H24N2O3S/c1-14(11-7-4-3-5-8-11)13(16)12-9-6-10-15(12)19(2,17)18/h11-12H,3-10H2,1-2H3. The number of carbonyl (C=O) groups excluding carboxylic acids is 1. The van der Waals surface area contributed by atoms with Gasteiger partial charge < -0.3 is 4.90 Å². The van der Waals surface area contributed by atoms with Crippen LogP contribution in [0.5, 0.6) is 0 Å². The molecule has 1 saturated carbocycles. The minimum absolute atomic E-state index is 0.0187. The van der Waals surface area contributed by atoms with Crippen molar-refractivity contribution in [2.24, 2.45) is 0 Å². The van der Waals surface area contributed by atoms with Crippen LogP contribution in [0.25, 0.3) is 0 Å². The number of likely N-dealkylation sites (N-methyl/N-ethyl adjacent to an activating group) is 1. The van der Waals surface area contributed by atoms with E-state index in [0.29, 0.717) is 19.0 Å². The highest BCUT2D eigenvalue weighted by molar-refractivity contribution is 7.88. The lowest BCUT2D eigenvalue weighted by molar-refractivity contribution is -0.136. The van der Waals surface area contributed by atoms with Crippen LogP contribution < -0.4 is 0 Å². The minimum atomic E-state index is -3.28. The number of rotatable bonds is 3. The first-order valence-electron chi connectivity index (χ1n) is 7.15. The van der Waals surface area contributed by atoms with Crippen molar-refractivity contribution < 1.29 is 13.2 Å². The maximum atomic E-state index is 12.5. The first-order valence-corrected chi connectivity index (χ1v) is 8.99. The van der Waals surface area contributed by atoms with E-state index in [9.17, 15) is 13.2 Å². The van der Waals surface area contributed by atoms with Gasteiger partial charge in [0.15, 0.2) is 0 Å². The number of sulfonamides is 1. The fourth-order valence-electron chi connectivity index (χ4n) is 3.27. The summed E-state index contributed by atoms with van der Waals surface area (Å²) in [4.78, 5) is 14.3. The van der Waals surface area contributed by atoms with Crippen molar-refractivity contribution in [2.75, 3.05) is 19.8 Å². The first-order chi connectivity index (χ1) is 8.91. The fourth-order valence-corrected chi connectivity index (χ4v) is 4.39. The van der Waals surface area contributed by atoms with Crippen LogP contribution in [0.4, 0.5) is 0 Å². The zero-order valence-electron chi connectivity index (χ0n) is 11.8. The lowest BCUT2D eigenvalue weighted by Crippen LogP contribution is -2.49. The molecule has 1 atom stereocenters. The van der Waals surface area contributed by atoms with Gasteiger partial charge in [-0.05, 0) is 25.7 Å². The summed E-state index contributed by atoms with van der Waals surface area (Å²) in [5.41, 5.74) is 0. The summed E-state index contributed by atoms with van der Waals surface area (Å²) in [6.07, 6.45) is 8.31. The molecule has 0 bridgehead atoms. The van der Waals surface area contributed by atoms with E-state index in [1.807, 2.05) is 7.05 Å². The van der Waals surface area contributed by atoms with E-state index in [1.165, 1.54) is 29.8 Å². The summed E-state index contributed by atoms with van der Waals surface area (Å²) >= 11 is 0. The Labute approximate surface area is 116 Å². The van der Waals surface area contributed by atoms with Crippen LogP contribution in [0.1, 0.15) is 44.9 Å². The van der Waals surface area contributed by atoms with E-state index in [4.69, 9.17) is 0 Å². The summed E-state index contributed by atoms with van der Waals surface area (Å²) in [5.74, 6) is -0.0187. The average molecular weight is 288 g/mol. The smallest absolute Gasteiger partial charge is 0.241 e. The predicted molar refractivity (Wildman–Crippen MR) is 74.2 cm³/mol. The molecular formula is C13H24N2O3S. The van der Waals surface area contributed by atoms with E-state index < -0.39 is 16.1 Å². The second-order valence-corrected chi connectivity index (χ2v) is 7.71. The van der Waals surface area contributed by atoms with Crippen LogP contribution in [-0.4, -0.2) is 55.5 Å². The van der Waals surface area contributed by atoms with E-state index in [0.717, 1.165) is 19.3 Å². The zero-order valence-corrected chi connectivity index (χ0v) is 12.7.